The average molecular weight is 221 g/mol. The van der Waals surface area contributed by atoms with Gasteiger partial charge >= 0.3 is 14.1 Å². The van der Waals surface area contributed by atoms with Gasteiger partial charge in [-0.25, -0.2) is 0 Å². The summed E-state index contributed by atoms with van der Waals surface area (Å²) in [6, 6.07) is 0. The molecule has 0 N–H and O–H groups in total. The van der Waals surface area contributed by atoms with E-state index in [1.807, 2.05) is 0 Å². The molecule has 0 aromatic carbocycles. The lowest BCUT2D eigenvalue weighted by molar-refractivity contribution is 1.18. The molecule has 2 aliphatic rings. The molecule has 0 spiro atoms. The monoisotopic (exact) mass is 220 g/mol. The van der Waals surface area contributed by atoms with Crippen molar-refractivity contribution in [3.63, 3.8) is 0 Å². The average Bonchev–Trinajstić information content (AvgIpc) is 2.87. The highest BCUT2D eigenvalue weighted by Gasteiger charge is 2.28. The van der Waals surface area contributed by atoms with Gasteiger partial charge in [0.1, 0.15) is 0 Å². The molecule has 0 amide bonds. The van der Waals surface area contributed by atoms with E-state index in [2.05, 4.69) is 42.2 Å². The second kappa shape index (κ2) is 4.53. The summed E-state index contributed by atoms with van der Waals surface area (Å²) in [7, 11) is 0. The van der Waals surface area contributed by atoms with Crippen LogP contribution in [0, 0.1) is 0 Å². The zero-order chi connectivity index (χ0) is 9.97. The fraction of sp³-hybridized carbons (Fsp3) is 0.333. The second-order valence-electron chi connectivity index (χ2n) is 3.94. The Hall–Kier alpha value is -0.218. The fourth-order valence-corrected chi connectivity index (χ4v) is 4.81. The van der Waals surface area contributed by atoms with E-state index in [1.165, 1.54) is 5.57 Å². The molecule has 0 heterocycles. The Morgan fingerprint density at radius 1 is 1.21 bits per heavy atom. The van der Waals surface area contributed by atoms with Crippen LogP contribution in [0.1, 0.15) is 12.8 Å². The molecule has 0 aromatic rings. The third-order valence-electron chi connectivity index (χ3n) is 2.98. The highest BCUT2D eigenvalue weighted by atomic mass is 35.5. The highest BCUT2D eigenvalue weighted by molar-refractivity contribution is 6.75. The topological polar surface area (TPSA) is 0 Å². The lowest BCUT2D eigenvalue weighted by Crippen LogP contribution is -2.26. The van der Waals surface area contributed by atoms with Gasteiger partial charge in [0, 0.05) is 4.24 Å². The summed E-state index contributed by atoms with van der Waals surface area (Å²) in [6.45, 7) is 0. The maximum Gasteiger partial charge on any atom is 0.326 e. The Morgan fingerprint density at radius 2 is 1.93 bits per heavy atom. The number of halogens is 1. The molecule has 2 heteroatoms. The zero-order valence-corrected chi connectivity index (χ0v) is 10.3. The number of hydrogen-bond acceptors (Lipinski definition) is 0. The van der Waals surface area contributed by atoms with Crippen LogP contribution in [0.15, 0.2) is 46.5 Å². The quantitative estimate of drug-likeness (QED) is 0.504. The molecule has 1 atom stereocenters. The Labute approximate surface area is 95.0 Å². The van der Waals surface area contributed by atoms with E-state index in [0.29, 0.717) is 4.24 Å². The summed E-state index contributed by atoms with van der Waals surface area (Å²) in [5, 5.41) is 0. The number of rotatable bonds is 3. The molecule has 0 nitrogen and oxygen atoms in total. The summed E-state index contributed by atoms with van der Waals surface area (Å²) in [6.07, 6.45) is 15.3. The number of hydrogen-bond donors (Lipinski definition) is 0. The predicted molar refractivity (Wildman–Crippen MR) is 64.9 cm³/mol. The maximum atomic E-state index is 6.50. The highest BCUT2D eigenvalue weighted by Crippen LogP contribution is 2.27. The fourth-order valence-electron chi connectivity index (χ4n) is 1.98. The van der Waals surface area contributed by atoms with Crippen LogP contribution in [0.3, 0.4) is 0 Å². The van der Waals surface area contributed by atoms with Gasteiger partial charge in [-0.15, -0.1) is 21.8 Å². The lowest BCUT2D eigenvalue weighted by Gasteiger charge is -2.16. The van der Waals surface area contributed by atoms with Crippen LogP contribution >= 0.6 is 11.6 Å². The van der Waals surface area contributed by atoms with E-state index in [-0.39, 0.29) is 0 Å². The van der Waals surface area contributed by atoms with Gasteiger partial charge in [0.05, 0.1) is 0 Å². The summed E-state index contributed by atoms with van der Waals surface area (Å²) < 4.78 is 1.90. The third-order valence-corrected chi connectivity index (χ3v) is 7.30. The molecule has 0 saturated carbocycles. The van der Waals surface area contributed by atoms with E-state index in [9.17, 15) is 0 Å². The third kappa shape index (κ3) is 2.06. The van der Waals surface area contributed by atoms with Gasteiger partial charge in [0.2, 0.25) is 0 Å². The first-order valence-electron chi connectivity index (χ1n) is 5.14. The van der Waals surface area contributed by atoms with Crippen molar-refractivity contribution in [1.82, 2.24) is 0 Å². The van der Waals surface area contributed by atoms with Gasteiger partial charge < -0.3 is 0 Å². The van der Waals surface area contributed by atoms with Gasteiger partial charge in [-0.1, -0.05) is 42.0 Å². The minimum atomic E-state index is -0.946. The summed E-state index contributed by atoms with van der Waals surface area (Å²) in [5.41, 5.74) is 1.42. The molecule has 1 unspecified atom stereocenters. The molecule has 2 aliphatic carbocycles. The van der Waals surface area contributed by atoms with Gasteiger partial charge in [-0.05, 0) is 12.8 Å². The Morgan fingerprint density at radius 3 is 2.50 bits per heavy atom. The molecule has 2 rings (SSSR count). The Balaban J connectivity index is 2.01. The zero-order valence-electron chi connectivity index (χ0n) is 8.41. The number of alkyl halides is 1. The first-order valence-corrected chi connectivity index (χ1v) is 7.98. The van der Waals surface area contributed by atoms with E-state index in [0.717, 1.165) is 12.8 Å². The Bertz CT molecular complexity index is 302. The van der Waals surface area contributed by atoms with Crippen molar-refractivity contribution in [2.75, 3.05) is 0 Å². The van der Waals surface area contributed by atoms with Crippen LogP contribution in [-0.2, 0) is 0 Å². The van der Waals surface area contributed by atoms with Crippen molar-refractivity contribution in [2.24, 2.45) is 0 Å². The van der Waals surface area contributed by atoms with E-state index in [4.69, 9.17) is 11.6 Å². The minimum absolute atomic E-state index is 0.302. The van der Waals surface area contributed by atoms with E-state index < -0.39 is 14.1 Å². The van der Waals surface area contributed by atoms with Crippen molar-refractivity contribution in [3.8, 4) is 0 Å². The van der Waals surface area contributed by atoms with Crippen molar-refractivity contribution >= 4 is 25.7 Å². The van der Waals surface area contributed by atoms with Crippen molar-refractivity contribution < 1.29 is 0 Å². The molecule has 0 saturated heterocycles. The van der Waals surface area contributed by atoms with Crippen LogP contribution in [0.4, 0.5) is 0 Å². The van der Waals surface area contributed by atoms with Crippen LogP contribution in [0.25, 0.3) is 0 Å². The second-order valence-corrected chi connectivity index (χ2v) is 7.82. The summed E-state index contributed by atoms with van der Waals surface area (Å²) in [4.78, 5) is 0. The smallest absolute Gasteiger partial charge is 0.134 e. The minimum Gasteiger partial charge on any atom is -0.134 e. The molecule has 14 heavy (non-hydrogen) atoms. The largest absolute Gasteiger partial charge is 0.326 e. The van der Waals surface area contributed by atoms with Crippen LogP contribution in [0.5, 0.6) is 0 Å². The van der Waals surface area contributed by atoms with Crippen LogP contribution < -0.4 is 0 Å². The first kappa shape index (κ1) is 10.3. The maximum absolute atomic E-state index is 6.50. The SMILES string of the molecule is [CH3][Al]([C]1=CC=CC1)[CH](Cl)C1=CC=CC1. The predicted octanol–water partition coefficient (Wildman–Crippen LogP) is 3.57. The van der Waals surface area contributed by atoms with E-state index in [1.54, 1.807) is 4.44 Å². The normalized spacial score (nSPS) is 21.0. The molecule has 0 bridgehead atoms. The van der Waals surface area contributed by atoms with Gasteiger partial charge in [0.15, 0.2) is 0 Å². The first-order chi connectivity index (χ1) is 6.79. The summed E-state index contributed by atoms with van der Waals surface area (Å²) in [5.74, 6) is 2.36. The molecule has 0 fully saturated rings. The van der Waals surface area contributed by atoms with Crippen molar-refractivity contribution in [3.05, 3.63) is 46.5 Å². The van der Waals surface area contributed by atoms with Crippen molar-refractivity contribution in [1.29, 1.82) is 0 Å². The molecule has 72 valence electrons. The molecule has 0 radical (unpaired) electrons. The van der Waals surface area contributed by atoms with E-state index >= 15 is 0 Å². The molecule has 0 aliphatic heterocycles. The van der Waals surface area contributed by atoms with Crippen LogP contribution in [0.2, 0.25) is 5.79 Å². The lowest BCUT2D eigenvalue weighted by atomic mass is 10.3. The molecular weight excluding hydrogens is 207 g/mol. The van der Waals surface area contributed by atoms with Gasteiger partial charge in [-0.3, -0.25) is 0 Å². The molecular formula is C12H14AlCl. The Kier molecular flexibility index (Phi) is 3.34. The number of allylic oxidation sites excluding steroid dienone is 8. The van der Waals surface area contributed by atoms with Crippen LogP contribution in [-0.4, -0.2) is 18.4 Å². The van der Waals surface area contributed by atoms with Gasteiger partial charge in [0.25, 0.3) is 0 Å². The van der Waals surface area contributed by atoms with Gasteiger partial charge in [-0.2, -0.15) is 0 Å². The van der Waals surface area contributed by atoms with Crippen molar-refractivity contribution in [2.45, 2.75) is 22.9 Å². The summed E-state index contributed by atoms with van der Waals surface area (Å²) >= 11 is 5.56. The molecule has 0 aromatic heterocycles. The standard InChI is InChI=1S/C6H6Cl.C5H5.CH3.Al/c7-5-6-3-1-2-4-6;1-2-4-5-3-1;;/h1-3,5H,4H2;1-3H,4H2;1H3;.